The number of carbonyl (C=O) groups is 1. The molecule has 1 amide bonds. The molecule has 0 fully saturated rings. The highest BCUT2D eigenvalue weighted by Crippen LogP contribution is 2.24. The molecule has 5 nitrogen and oxygen atoms in total. The molecule has 0 aliphatic carbocycles. The lowest BCUT2D eigenvalue weighted by Gasteiger charge is -1.97. The van der Waals surface area contributed by atoms with Gasteiger partial charge < -0.3 is 4.98 Å². The first-order valence-corrected chi connectivity index (χ1v) is 7.28. The molecule has 0 aliphatic rings. The second kappa shape index (κ2) is 5.22. The van der Waals surface area contributed by atoms with Gasteiger partial charge in [-0.2, -0.15) is 0 Å². The molecule has 0 radical (unpaired) electrons. The van der Waals surface area contributed by atoms with Crippen molar-refractivity contribution < 1.29 is 4.79 Å². The molecule has 2 N–H and O–H groups in total. The summed E-state index contributed by atoms with van der Waals surface area (Å²) in [5, 5.41) is 13.5. The summed E-state index contributed by atoms with van der Waals surface area (Å²) < 4.78 is 0. The van der Waals surface area contributed by atoms with Crippen LogP contribution >= 0.6 is 22.9 Å². The zero-order valence-corrected chi connectivity index (χ0v) is 12.2. The maximum absolute atomic E-state index is 12.1. The number of aryl methyl sites for hydroxylation is 1. The molecule has 2 heterocycles. The SMILES string of the molecule is CCc1nnc(NC(=O)c2cc3cccc(Cl)c3[nH]2)s1. The highest BCUT2D eigenvalue weighted by Gasteiger charge is 2.13. The fourth-order valence-corrected chi connectivity index (χ4v) is 2.76. The Hall–Kier alpha value is -1.92. The maximum Gasteiger partial charge on any atom is 0.273 e. The van der Waals surface area contributed by atoms with Crippen molar-refractivity contribution in [3.05, 3.63) is 40.0 Å². The van der Waals surface area contributed by atoms with E-state index in [1.54, 1.807) is 12.1 Å². The number of aromatic amines is 1. The van der Waals surface area contributed by atoms with Gasteiger partial charge in [-0.15, -0.1) is 10.2 Å². The lowest BCUT2D eigenvalue weighted by atomic mass is 10.2. The van der Waals surface area contributed by atoms with Crippen LogP contribution in [0.25, 0.3) is 10.9 Å². The minimum Gasteiger partial charge on any atom is -0.349 e. The molecule has 0 aliphatic heterocycles. The van der Waals surface area contributed by atoms with Crippen molar-refractivity contribution in [3.63, 3.8) is 0 Å². The Morgan fingerprint density at radius 1 is 1.45 bits per heavy atom. The second-order valence-corrected chi connectivity index (χ2v) is 5.66. The van der Waals surface area contributed by atoms with Gasteiger partial charge in [-0.1, -0.05) is 42.0 Å². The van der Waals surface area contributed by atoms with Gasteiger partial charge in [0.2, 0.25) is 5.13 Å². The van der Waals surface area contributed by atoms with Gasteiger partial charge in [0.15, 0.2) is 0 Å². The van der Waals surface area contributed by atoms with Gasteiger partial charge in [0.1, 0.15) is 10.7 Å². The molecule has 2 aromatic heterocycles. The van der Waals surface area contributed by atoms with Crippen molar-refractivity contribution >= 4 is 44.9 Å². The highest BCUT2D eigenvalue weighted by molar-refractivity contribution is 7.15. The summed E-state index contributed by atoms with van der Waals surface area (Å²) in [6, 6.07) is 7.28. The number of amides is 1. The lowest BCUT2D eigenvalue weighted by Crippen LogP contribution is -2.11. The molecule has 1 aromatic carbocycles. The Morgan fingerprint density at radius 2 is 2.30 bits per heavy atom. The minimum absolute atomic E-state index is 0.254. The van der Waals surface area contributed by atoms with Crippen molar-refractivity contribution in [2.75, 3.05) is 5.32 Å². The first-order valence-electron chi connectivity index (χ1n) is 6.08. The average molecular weight is 307 g/mol. The van der Waals surface area contributed by atoms with E-state index in [1.165, 1.54) is 11.3 Å². The molecule has 7 heteroatoms. The maximum atomic E-state index is 12.1. The largest absolute Gasteiger partial charge is 0.349 e. The number of halogens is 1. The molecule has 3 rings (SSSR count). The van der Waals surface area contributed by atoms with Crippen molar-refractivity contribution in [2.24, 2.45) is 0 Å². The number of rotatable bonds is 3. The molecular weight excluding hydrogens is 296 g/mol. The Morgan fingerprint density at radius 3 is 3.00 bits per heavy atom. The van der Waals surface area contributed by atoms with Gasteiger partial charge >= 0.3 is 0 Å². The van der Waals surface area contributed by atoms with Crippen LogP contribution in [0.15, 0.2) is 24.3 Å². The van der Waals surface area contributed by atoms with Gasteiger partial charge in [-0.25, -0.2) is 0 Å². The Bertz CT molecular complexity index is 780. The van der Waals surface area contributed by atoms with E-state index in [9.17, 15) is 4.79 Å². The van der Waals surface area contributed by atoms with Gasteiger partial charge in [0.25, 0.3) is 5.91 Å². The molecular formula is C13H11ClN4OS. The number of carbonyl (C=O) groups excluding carboxylic acids is 1. The zero-order chi connectivity index (χ0) is 14.1. The summed E-state index contributed by atoms with van der Waals surface area (Å²) in [6.45, 7) is 1.99. The topological polar surface area (TPSA) is 70.7 Å². The number of hydrogen-bond donors (Lipinski definition) is 2. The molecule has 0 spiro atoms. The van der Waals surface area contributed by atoms with Gasteiger partial charge in [0.05, 0.1) is 10.5 Å². The van der Waals surface area contributed by atoms with Crippen molar-refractivity contribution in [2.45, 2.75) is 13.3 Å². The van der Waals surface area contributed by atoms with Crippen LogP contribution in [0.1, 0.15) is 22.4 Å². The standard InChI is InChI=1S/C13H11ClN4OS/c1-2-10-17-18-13(20-10)16-12(19)9-6-7-4-3-5-8(14)11(7)15-9/h3-6,15H,2H2,1H3,(H,16,18,19). The quantitative estimate of drug-likeness (QED) is 0.778. The summed E-state index contributed by atoms with van der Waals surface area (Å²) in [5.41, 5.74) is 1.20. The molecule has 0 saturated carbocycles. The number of nitrogens with one attached hydrogen (secondary N) is 2. The summed E-state index contributed by atoms with van der Waals surface area (Å²) in [7, 11) is 0. The van der Waals surface area contributed by atoms with E-state index >= 15 is 0 Å². The van der Waals surface area contributed by atoms with Crippen molar-refractivity contribution in [1.29, 1.82) is 0 Å². The van der Waals surface area contributed by atoms with Crippen LogP contribution in [0.5, 0.6) is 0 Å². The molecule has 3 aromatic rings. The summed E-state index contributed by atoms with van der Waals surface area (Å²) in [6.07, 6.45) is 0.801. The van der Waals surface area contributed by atoms with Crippen LogP contribution in [0, 0.1) is 0 Å². The van der Waals surface area contributed by atoms with Crippen molar-refractivity contribution in [1.82, 2.24) is 15.2 Å². The van der Waals surface area contributed by atoms with Crippen LogP contribution < -0.4 is 5.32 Å². The van der Waals surface area contributed by atoms with E-state index in [0.717, 1.165) is 22.3 Å². The average Bonchev–Trinajstić information content (AvgIpc) is 3.05. The van der Waals surface area contributed by atoms with Gasteiger partial charge in [0, 0.05) is 5.39 Å². The van der Waals surface area contributed by atoms with Crippen LogP contribution in [-0.4, -0.2) is 21.1 Å². The molecule has 0 atom stereocenters. The number of aromatic nitrogens is 3. The van der Waals surface area contributed by atoms with E-state index in [-0.39, 0.29) is 5.91 Å². The van der Waals surface area contributed by atoms with E-state index < -0.39 is 0 Å². The van der Waals surface area contributed by atoms with Crippen LogP contribution in [0.4, 0.5) is 5.13 Å². The number of fused-ring (bicyclic) bond motifs is 1. The third kappa shape index (κ3) is 2.39. The lowest BCUT2D eigenvalue weighted by molar-refractivity contribution is 0.102. The van der Waals surface area contributed by atoms with Crippen LogP contribution in [0.3, 0.4) is 0 Å². The van der Waals surface area contributed by atoms with Crippen LogP contribution in [0.2, 0.25) is 5.02 Å². The fourth-order valence-electron chi connectivity index (χ4n) is 1.85. The number of hydrogen-bond acceptors (Lipinski definition) is 4. The smallest absolute Gasteiger partial charge is 0.273 e. The first-order chi connectivity index (χ1) is 9.67. The number of anilines is 1. The highest BCUT2D eigenvalue weighted by atomic mass is 35.5. The Balaban J connectivity index is 1.86. The Labute approximate surface area is 124 Å². The molecule has 0 unspecified atom stereocenters. The molecule has 0 bridgehead atoms. The van der Waals surface area contributed by atoms with E-state index in [1.807, 2.05) is 19.1 Å². The minimum atomic E-state index is -0.254. The van der Waals surface area contributed by atoms with E-state index in [0.29, 0.717) is 15.8 Å². The Kier molecular flexibility index (Phi) is 3.42. The third-order valence-corrected chi connectivity index (χ3v) is 4.14. The number of H-pyrrole nitrogens is 1. The summed E-state index contributed by atoms with van der Waals surface area (Å²) >= 11 is 7.45. The predicted molar refractivity (Wildman–Crippen MR) is 80.5 cm³/mol. The first kappa shape index (κ1) is 13.1. The van der Waals surface area contributed by atoms with Crippen molar-refractivity contribution in [3.8, 4) is 0 Å². The van der Waals surface area contributed by atoms with E-state index in [4.69, 9.17) is 11.6 Å². The monoisotopic (exact) mass is 306 g/mol. The van der Waals surface area contributed by atoms with Gasteiger partial charge in [-0.3, -0.25) is 10.1 Å². The second-order valence-electron chi connectivity index (χ2n) is 4.20. The van der Waals surface area contributed by atoms with Gasteiger partial charge in [-0.05, 0) is 18.6 Å². The number of nitrogens with zero attached hydrogens (tertiary/aromatic N) is 2. The fraction of sp³-hybridized carbons (Fsp3) is 0.154. The number of benzene rings is 1. The normalized spacial score (nSPS) is 10.9. The predicted octanol–water partition coefficient (Wildman–Crippen LogP) is 3.49. The number of para-hydroxylation sites is 1. The zero-order valence-electron chi connectivity index (χ0n) is 10.6. The molecule has 102 valence electrons. The third-order valence-electron chi connectivity index (χ3n) is 2.84. The van der Waals surface area contributed by atoms with Crippen LogP contribution in [-0.2, 0) is 6.42 Å². The molecule has 20 heavy (non-hydrogen) atoms. The summed E-state index contributed by atoms with van der Waals surface area (Å²) in [4.78, 5) is 15.2. The summed E-state index contributed by atoms with van der Waals surface area (Å²) in [5.74, 6) is -0.254. The molecule has 0 saturated heterocycles. The van der Waals surface area contributed by atoms with E-state index in [2.05, 4.69) is 20.5 Å².